The Labute approximate surface area is 125 Å². The van der Waals surface area contributed by atoms with Gasteiger partial charge in [-0.25, -0.2) is 4.39 Å². The average Bonchev–Trinajstić information content (AvgIpc) is 2.51. The van der Waals surface area contributed by atoms with E-state index in [0.717, 1.165) is 18.4 Å². The van der Waals surface area contributed by atoms with E-state index in [9.17, 15) is 9.50 Å². The molecule has 0 heterocycles. The number of hydrogen-bond donors (Lipinski definition) is 2. The summed E-state index contributed by atoms with van der Waals surface area (Å²) in [5, 5.41) is 10.3. The first-order valence-electron chi connectivity index (χ1n) is 7.38. The summed E-state index contributed by atoms with van der Waals surface area (Å²) in [6, 6.07) is 16.4. The van der Waals surface area contributed by atoms with E-state index >= 15 is 0 Å². The van der Waals surface area contributed by atoms with Gasteiger partial charge in [-0.3, -0.25) is 0 Å². The molecule has 3 heteroatoms. The van der Waals surface area contributed by atoms with Crippen LogP contribution in [0.25, 0.3) is 0 Å². The second-order valence-electron chi connectivity index (χ2n) is 5.34. The Bertz CT molecular complexity index is 527. The standard InChI is InChI=1S/C18H22FNO/c19-16-11-9-15(10-12-16)17(13-20)18(21)8-4-7-14-5-2-1-3-6-14/h1-3,5-6,9-12,17-18,21H,4,7-8,13,20H2. The van der Waals surface area contributed by atoms with Crippen molar-refractivity contribution < 1.29 is 9.50 Å². The Morgan fingerprint density at radius 2 is 1.67 bits per heavy atom. The van der Waals surface area contributed by atoms with Crippen molar-refractivity contribution in [2.24, 2.45) is 5.73 Å². The number of aryl methyl sites for hydroxylation is 1. The van der Waals surface area contributed by atoms with Crippen molar-refractivity contribution in [1.82, 2.24) is 0 Å². The molecule has 2 unspecified atom stereocenters. The zero-order chi connectivity index (χ0) is 15.1. The molecule has 0 radical (unpaired) electrons. The SMILES string of the molecule is NCC(c1ccc(F)cc1)C(O)CCCc1ccccc1. The van der Waals surface area contributed by atoms with Crippen LogP contribution in [0.15, 0.2) is 54.6 Å². The maximum Gasteiger partial charge on any atom is 0.123 e. The van der Waals surface area contributed by atoms with Gasteiger partial charge in [0.05, 0.1) is 6.10 Å². The number of aliphatic hydroxyl groups is 1. The highest BCUT2D eigenvalue weighted by Gasteiger charge is 2.19. The van der Waals surface area contributed by atoms with Crippen molar-refractivity contribution in [1.29, 1.82) is 0 Å². The fourth-order valence-electron chi connectivity index (χ4n) is 2.59. The molecule has 2 nitrogen and oxygen atoms in total. The second kappa shape index (κ2) is 7.91. The topological polar surface area (TPSA) is 46.2 Å². The quantitative estimate of drug-likeness (QED) is 0.821. The van der Waals surface area contributed by atoms with Crippen LogP contribution in [0.5, 0.6) is 0 Å². The molecule has 0 aliphatic carbocycles. The summed E-state index contributed by atoms with van der Waals surface area (Å²) in [5.41, 5.74) is 7.94. The molecule has 21 heavy (non-hydrogen) atoms. The Balaban J connectivity index is 1.88. The van der Waals surface area contributed by atoms with Crippen LogP contribution in [0.1, 0.15) is 29.9 Å². The summed E-state index contributed by atoms with van der Waals surface area (Å²) in [6.45, 7) is 0.359. The van der Waals surface area contributed by atoms with Crippen LogP contribution in [-0.2, 0) is 6.42 Å². The van der Waals surface area contributed by atoms with Gasteiger partial charge in [-0.15, -0.1) is 0 Å². The molecule has 2 aromatic rings. The minimum absolute atomic E-state index is 0.138. The number of halogens is 1. The summed E-state index contributed by atoms with van der Waals surface area (Å²) < 4.78 is 13.0. The largest absolute Gasteiger partial charge is 0.392 e. The van der Waals surface area contributed by atoms with Gasteiger partial charge in [0, 0.05) is 12.5 Å². The van der Waals surface area contributed by atoms with Crippen molar-refractivity contribution in [2.75, 3.05) is 6.54 Å². The highest BCUT2D eigenvalue weighted by atomic mass is 19.1. The van der Waals surface area contributed by atoms with E-state index in [-0.39, 0.29) is 11.7 Å². The van der Waals surface area contributed by atoms with Gasteiger partial charge in [0.2, 0.25) is 0 Å². The summed E-state index contributed by atoms with van der Waals surface area (Å²) in [5.74, 6) is -0.408. The van der Waals surface area contributed by atoms with Gasteiger partial charge >= 0.3 is 0 Å². The van der Waals surface area contributed by atoms with Crippen molar-refractivity contribution in [3.05, 3.63) is 71.5 Å². The van der Waals surface area contributed by atoms with Gasteiger partial charge < -0.3 is 10.8 Å². The van der Waals surface area contributed by atoms with Crippen molar-refractivity contribution in [3.8, 4) is 0 Å². The number of aliphatic hydroxyl groups excluding tert-OH is 1. The minimum atomic E-state index is -0.496. The molecule has 2 aromatic carbocycles. The molecule has 0 aromatic heterocycles. The van der Waals surface area contributed by atoms with Crippen molar-refractivity contribution >= 4 is 0 Å². The van der Waals surface area contributed by atoms with Crippen molar-refractivity contribution in [3.63, 3.8) is 0 Å². The molecular weight excluding hydrogens is 265 g/mol. The number of nitrogens with two attached hydrogens (primary N) is 1. The number of hydrogen-bond acceptors (Lipinski definition) is 2. The Morgan fingerprint density at radius 1 is 1.00 bits per heavy atom. The molecule has 0 fully saturated rings. The molecule has 2 atom stereocenters. The van der Waals surface area contributed by atoms with E-state index in [1.165, 1.54) is 17.7 Å². The normalized spacial score (nSPS) is 13.9. The molecule has 0 aliphatic heterocycles. The van der Waals surface area contributed by atoms with E-state index in [2.05, 4.69) is 12.1 Å². The highest BCUT2D eigenvalue weighted by Crippen LogP contribution is 2.22. The smallest absolute Gasteiger partial charge is 0.123 e. The summed E-state index contributed by atoms with van der Waals surface area (Å²) in [7, 11) is 0. The zero-order valence-electron chi connectivity index (χ0n) is 12.1. The Kier molecular flexibility index (Phi) is 5.90. The van der Waals surface area contributed by atoms with E-state index in [0.29, 0.717) is 13.0 Å². The molecule has 0 bridgehead atoms. The lowest BCUT2D eigenvalue weighted by atomic mass is 9.90. The number of rotatable bonds is 7. The van der Waals surface area contributed by atoms with E-state index in [1.807, 2.05) is 18.2 Å². The van der Waals surface area contributed by atoms with Crippen molar-refractivity contribution in [2.45, 2.75) is 31.3 Å². The predicted molar refractivity (Wildman–Crippen MR) is 83.6 cm³/mol. The third kappa shape index (κ3) is 4.66. The van der Waals surface area contributed by atoms with E-state index in [1.54, 1.807) is 12.1 Å². The monoisotopic (exact) mass is 287 g/mol. The number of benzene rings is 2. The maximum atomic E-state index is 13.0. The zero-order valence-corrected chi connectivity index (χ0v) is 12.1. The summed E-state index contributed by atoms with van der Waals surface area (Å²) in [4.78, 5) is 0. The van der Waals surface area contributed by atoms with Crippen LogP contribution in [0, 0.1) is 5.82 Å². The molecule has 2 rings (SSSR count). The molecule has 3 N–H and O–H groups in total. The molecule has 0 aliphatic rings. The third-order valence-electron chi connectivity index (χ3n) is 3.82. The van der Waals surface area contributed by atoms with Crippen LogP contribution in [0.4, 0.5) is 4.39 Å². The van der Waals surface area contributed by atoms with Crippen LogP contribution in [0.2, 0.25) is 0 Å². The fourth-order valence-corrected chi connectivity index (χ4v) is 2.59. The molecule has 0 amide bonds. The predicted octanol–water partition coefficient (Wildman–Crippen LogP) is 3.25. The van der Waals surface area contributed by atoms with Crippen LogP contribution < -0.4 is 5.73 Å². The lowest BCUT2D eigenvalue weighted by Crippen LogP contribution is -2.26. The molecular formula is C18H22FNO. The average molecular weight is 287 g/mol. The van der Waals surface area contributed by atoms with E-state index < -0.39 is 6.10 Å². The molecule has 112 valence electrons. The summed E-state index contributed by atoms with van der Waals surface area (Å²) >= 11 is 0. The Morgan fingerprint density at radius 3 is 2.29 bits per heavy atom. The van der Waals surface area contributed by atoms with Gasteiger partial charge in [-0.1, -0.05) is 42.5 Å². The molecule has 0 saturated carbocycles. The van der Waals surface area contributed by atoms with Gasteiger partial charge in [0.25, 0.3) is 0 Å². The van der Waals surface area contributed by atoms with Gasteiger partial charge in [-0.05, 0) is 42.5 Å². The second-order valence-corrected chi connectivity index (χ2v) is 5.34. The van der Waals surface area contributed by atoms with E-state index in [4.69, 9.17) is 5.73 Å². The van der Waals surface area contributed by atoms with Gasteiger partial charge in [-0.2, -0.15) is 0 Å². The molecule has 0 saturated heterocycles. The maximum absolute atomic E-state index is 13.0. The highest BCUT2D eigenvalue weighted by molar-refractivity contribution is 5.22. The van der Waals surface area contributed by atoms with Crippen LogP contribution in [-0.4, -0.2) is 17.8 Å². The lowest BCUT2D eigenvalue weighted by molar-refractivity contribution is 0.133. The van der Waals surface area contributed by atoms with Crippen LogP contribution in [0.3, 0.4) is 0 Å². The van der Waals surface area contributed by atoms with Gasteiger partial charge in [0.15, 0.2) is 0 Å². The van der Waals surface area contributed by atoms with Gasteiger partial charge in [0.1, 0.15) is 5.82 Å². The first kappa shape index (κ1) is 15.7. The summed E-state index contributed by atoms with van der Waals surface area (Å²) in [6.07, 6.45) is 2.04. The first-order valence-corrected chi connectivity index (χ1v) is 7.38. The fraction of sp³-hybridized carbons (Fsp3) is 0.333. The third-order valence-corrected chi connectivity index (χ3v) is 3.82. The Hall–Kier alpha value is -1.71. The van der Waals surface area contributed by atoms with Crippen LogP contribution >= 0.6 is 0 Å². The molecule has 0 spiro atoms. The lowest BCUT2D eigenvalue weighted by Gasteiger charge is -2.22. The minimum Gasteiger partial charge on any atom is -0.392 e. The first-order chi connectivity index (χ1) is 10.2.